The molecule has 0 saturated heterocycles. The Morgan fingerprint density at radius 3 is 2.38 bits per heavy atom. The molecular weight excluding hydrogens is 510 g/mol. The molecule has 0 atom stereocenters. The fourth-order valence-corrected chi connectivity index (χ4v) is 5.83. The van der Waals surface area contributed by atoms with Gasteiger partial charge in [0.2, 0.25) is 0 Å². The maximum Gasteiger partial charge on any atom is 0.262 e. The normalized spacial score (nSPS) is 10.8. The van der Waals surface area contributed by atoms with Crippen LogP contribution in [-0.2, 0) is 19.4 Å². The molecule has 39 heavy (non-hydrogen) atoms. The monoisotopic (exact) mass is 541 g/mol. The maximum absolute atomic E-state index is 13.3. The lowest BCUT2D eigenvalue weighted by molar-refractivity contribution is 0.389. The highest BCUT2D eigenvalue weighted by atomic mass is 32.1. The molecule has 8 nitrogen and oxygen atoms in total. The first-order valence-corrected chi connectivity index (χ1v) is 13.6. The van der Waals surface area contributed by atoms with Crippen molar-refractivity contribution in [3.05, 3.63) is 68.1 Å². The molecule has 200 valence electrons. The fraction of sp³-hybridized carbons (Fsp3) is 0.333. The molecule has 4 rings (SSSR count). The molecule has 0 unspecified atom stereocenters. The largest absolute Gasteiger partial charge is 0.496 e. The van der Waals surface area contributed by atoms with E-state index in [0.29, 0.717) is 46.5 Å². The van der Waals surface area contributed by atoms with Gasteiger partial charge in [-0.3, -0.25) is 9.36 Å². The maximum atomic E-state index is 13.3. The second-order valence-electron chi connectivity index (χ2n) is 9.36. The molecule has 0 aliphatic rings. The van der Waals surface area contributed by atoms with E-state index in [1.807, 2.05) is 25.1 Å². The summed E-state index contributed by atoms with van der Waals surface area (Å²) in [6, 6.07) is 11.6. The smallest absolute Gasteiger partial charge is 0.262 e. The number of methoxy groups -OCH3 is 2. The van der Waals surface area contributed by atoms with Crippen molar-refractivity contribution in [3.63, 3.8) is 0 Å². The van der Waals surface area contributed by atoms with Gasteiger partial charge in [-0.25, -0.2) is 4.98 Å². The van der Waals surface area contributed by atoms with Crippen LogP contribution in [0.3, 0.4) is 0 Å². The van der Waals surface area contributed by atoms with E-state index in [4.69, 9.17) is 15.2 Å². The van der Waals surface area contributed by atoms with E-state index < -0.39 is 0 Å². The molecular formula is C30H31N5O3S. The van der Waals surface area contributed by atoms with Gasteiger partial charge in [0, 0.05) is 22.5 Å². The van der Waals surface area contributed by atoms with Gasteiger partial charge in [-0.05, 0) is 61.6 Å². The Hall–Kier alpha value is -4.34. The number of unbranched alkanes of at least 4 members (excludes halogenated alkanes) is 2. The first kappa shape index (κ1) is 27.7. The second-order valence-corrected chi connectivity index (χ2v) is 10.5. The number of nitrogen functional groups attached to an aromatic ring is 1. The number of benzene rings is 2. The van der Waals surface area contributed by atoms with Crippen LogP contribution in [0.25, 0.3) is 21.3 Å². The van der Waals surface area contributed by atoms with Crippen molar-refractivity contribution in [2.45, 2.75) is 52.5 Å². The standard InChI is InChI=1S/C30H31N5O3S/c1-5-6-7-8-22-14-23-29(39-22)34-17-35(30(23)36)10-9-19-11-21(15-31)28(33)24(16-32)27(19)20-12-25(37-3)18(2)26(13-20)38-4/h11-14,17H,5-10,33H2,1-4H3. The summed E-state index contributed by atoms with van der Waals surface area (Å²) in [4.78, 5) is 19.8. The van der Waals surface area contributed by atoms with Crippen LogP contribution in [0.5, 0.6) is 11.5 Å². The van der Waals surface area contributed by atoms with E-state index in [2.05, 4.69) is 24.0 Å². The van der Waals surface area contributed by atoms with Gasteiger partial charge in [0.25, 0.3) is 5.56 Å². The zero-order valence-corrected chi connectivity index (χ0v) is 23.4. The van der Waals surface area contributed by atoms with Gasteiger partial charge < -0.3 is 15.2 Å². The van der Waals surface area contributed by atoms with Crippen LogP contribution in [0.2, 0.25) is 0 Å². The van der Waals surface area contributed by atoms with Crippen LogP contribution in [-0.4, -0.2) is 23.8 Å². The molecule has 0 saturated carbocycles. The van der Waals surface area contributed by atoms with Crippen molar-refractivity contribution in [3.8, 4) is 34.8 Å². The van der Waals surface area contributed by atoms with Crippen molar-refractivity contribution < 1.29 is 9.47 Å². The lowest BCUT2D eigenvalue weighted by Crippen LogP contribution is -2.21. The van der Waals surface area contributed by atoms with Crippen LogP contribution in [0.1, 0.15) is 53.3 Å². The SMILES string of the molecule is CCCCCc1cc2c(=O)n(CCc3cc(C#N)c(N)c(C#N)c3-c3cc(OC)c(C)c(OC)c3)cnc2s1. The van der Waals surface area contributed by atoms with E-state index in [1.165, 1.54) is 4.88 Å². The minimum atomic E-state index is -0.102. The summed E-state index contributed by atoms with van der Waals surface area (Å²) in [5.74, 6) is 1.19. The quantitative estimate of drug-likeness (QED) is 0.200. The highest BCUT2D eigenvalue weighted by molar-refractivity contribution is 7.18. The van der Waals surface area contributed by atoms with E-state index in [9.17, 15) is 15.3 Å². The Bertz CT molecular complexity index is 1650. The number of thiophene rings is 1. The number of nitriles is 2. The van der Waals surface area contributed by atoms with Gasteiger partial charge in [-0.2, -0.15) is 10.5 Å². The lowest BCUT2D eigenvalue weighted by Gasteiger charge is -2.18. The number of fused-ring (bicyclic) bond motifs is 1. The third-order valence-electron chi connectivity index (χ3n) is 6.94. The number of aryl methyl sites for hydroxylation is 3. The van der Waals surface area contributed by atoms with Crippen LogP contribution < -0.4 is 20.8 Å². The van der Waals surface area contributed by atoms with Crippen LogP contribution in [0, 0.1) is 29.6 Å². The van der Waals surface area contributed by atoms with Crippen LogP contribution in [0.15, 0.2) is 35.4 Å². The topological polar surface area (TPSA) is 127 Å². The average molecular weight is 542 g/mol. The number of anilines is 1. The number of hydrogen-bond donors (Lipinski definition) is 1. The minimum absolute atomic E-state index is 0.102. The number of ether oxygens (including phenoxy) is 2. The second kappa shape index (κ2) is 12.0. The Balaban J connectivity index is 1.78. The van der Waals surface area contributed by atoms with Crippen molar-refractivity contribution in [2.24, 2.45) is 0 Å². The summed E-state index contributed by atoms with van der Waals surface area (Å²) in [5.41, 5.74) is 9.47. The zero-order valence-electron chi connectivity index (χ0n) is 22.6. The van der Waals surface area contributed by atoms with E-state index in [0.717, 1.165) is 36.1 Å². The minimum Gasteiger partial charge on any atom is -0.496 e. The predicted molar refractivity (Wildman–Crippen MR) is 154 cm³/mol. The molecule has 2 aromatic heterocycles. The number of rotatable bonds is 10. The summed E-state index contributed by atoms with van der Waals surface area (Å²) in [6.07, 6.45) is 6.28. The highest BCUT2D eigenvalue weighted by Gasteiger charge is 2.21. The van der Waals surface area contributed by atoms with Crippen molar-refractivity contribution >= 4 is 27.2 Å². The van der Waals surface area contributed by atoms with Gasteiger partial charge in [0.15, 0.2) is 0 Å². The molecule has 9 heteroatoms. The molecule has 0 fully saturated rings. The lowest BCUT2D eigenvalue weighted by atomic mass is 9.89. The number of nitrogens with zero attached hydrogens (tertiary/aromatic N) is 4. The Kier molecular flexibility index (Phi) is 8.53. The fourth-order valence-electron chi connectivity index (χ4n) is 4.80. The van der Waals surface area contributed by atoms with Crippen molar-refractivity contribution in [2.75, 3.05) is 20.0 Å². The first-order chi connectivity index (χ1) is 18.9. The van der Waals surface area contributed by atoms with E-state index in [-0.39, 0.29) is 22.4 Å². The van der Waals surface area contributed by atoms with E-state index >= 15 is 0 Å². The van der Waals surface area contributed by atoms with Crippen LogP contribution >= 0.6 is 11.3 Å². The third-order valence-corrected chi connectivity index (χ3v) is 8.04. The molecule has 2 N–H and O–H groups in total. The first-order valence-electron chi connectivity index (χ1n) is 12.8. The number of hydrogen-bond acceptors (Lipinski definition) is 8. The molecule has 0 aliphatic carbocycles. The summed E-state index contributed by atoms with van der Waals surface area (Å²) in [7, 11) is 3.14. The summed E-state index contributed by atoms with van der Waals surface area (Å²) >= 11 is 1.57. The average Bonchev–Trinajstić information content (AvgIpc) is 3.37. The predicted octanol–water partition coefficient (Wildman–Crippen LogP) is 5.75. The number of aromatic nitrogens is 2. The Labute approximate surface area is 231 Å². The third kappa shape index (κ3) is 5.45. The van der Waals surface area contributed by atoms with Gasteiger partial charge >= 0.3 is 0 Å². The molecule has 0 bridgehead atoms. The molecule has 0 radical (unpaired) electrons. The van der Waals surface area contributed by atoms with Crippen molar-refractivity contribution in [1.29, 1.82) is 10.5 Å². The molecule has 2 aromatic carbocycles. The zero-order chi connectivity index (χ0) is 28.1. The van der Waals surface area contributed by atoms with Crippen molar-refractivity contribution in [1.82, 2.24) is 9.55 Å². The van der Waals surface area contributed by atoms with Gasteiger partial charge in [0.1, 0.15) is 28.5 Å². The molecule has 4 aromatic rings. The Morgan fingerprint density at radius 1 is 1.05 bits per heavy atom. The van der Waals surface area contributed by atoms with Crippen LogP contribution in [0.4, 0.5) is 5.69 Å². The van der Waals surface area contributed by atoms with Gasteiger partial charge in [-0.15, -0.1) is 11.3 Å². The summed E-state index contributed by atoms with van der Waals surface area (Å²) < 4.78 is 12.7. The van der Waals surface area contributed by atoms with Gasteiger partial charge in [-0.1, -0.05) is 19.8 Å². The molecule has 0 aliphatic heterocycles. The molecule has 2 heterocycles. The van der Waals surface area contributed by atoms with E-state index in [1.54, 1.807) is 42.5 Å². The molecule has 0 amide bonds. The highest BCUT2D eigenvalue weighted by Crippen LogP contribution is 2.40. The number of nitrogens with two attached hydrogens (primary N) is 1. The molecule has 0 spiro atoms. The Morgan fingerprint density at radius 2 is 1.77 bits per heavy atom. The summed E-state index contributed by atoms with van der Waals surface area (Å²) in [5, 5.41) is 20.4. The van der Waals surface area contributed by atoms with Gasteiger partial charge in [0.05, 0.1) is 42.7 Å². The summed E-state index contributed by atoms with van der Waals surface area (Å²) in [6.45, 7) is 4.37.